The minimum atomic E-state index is -1.16. The van der Waals surface area contributed by atoms with Crippen LogP contribution in [0, 0.1) is 6.92 Å². The molecule has 1 aromatic heterocycles. The summed E-state index contributed by atoms with van der Waals surface area (Å²) < 4.78 is 1.88. The van der Waals surface area contributed by atoms with Crippen molar-refractivity contribution in [1.29, 1.82) is 0 Å². The highest BCUT2D eigenvalue weighted by atomic mass is 16.3. The predicted molar refractivity (Wildman–Crippen MR) is 122 cm³/mol. The summed E-state index contributed by atoms with van der Waals surface area (Å²) in [4.78, 5) is 29.1. The minimum absolute atomic E-state index is 0.0285. The number of carbonyl (C=O) groups excluding carboxylic acids is 2. The third kappa shape index (κ3) is 3.46. The summed E-state index contributed by atoms with van der Waals surface area (Å²) in [5.41, 5.74) is 3.71. The smallest absolute Gasteiger partial charge is 0.254 e. The monoisotopic (exact) mass is 432 g/mol. The maximum Gasteiger partial charge on any atom is 0.254 e. The topological polar surface area (TPSA) is 78.7 Å². The van der Waals surface area contributed by atoms with Crippen LogP contribution in [0.1, 0.15) is 35.8 Å². The normalized spacial score (nSPS) is 19.9. The molecule has 2 aromatic carbocycles. The molecule has 2 heterocycles. The summed E-state index contributed by atoms with van der Waals surface area (Å²) in [6.07, 6.45) is 1.08. The Morgan fingerprint density at radius 3 is 2.41 bits per heavy atom. The number of aromatic nitrogens is 2. The molecule has 32 heavy (non-hydrogen) atoms. The van der Waals surface area contributed by atoms with Gasteiger partial charge in [-0.15, -0.1) is 0 Å². The molecule has 0 unspecified atom stereocenters. The molecule has 1 saturated carbocycles. The second-order valence-electron chi connectivity index (χ2n) is 9.15. The molecular weight excluding hydrogens is 404 g/mol. The summed E-state index contributed by atoms with van der Waals surface area (Å²) in [5, 5.41) is 15.7. The number of aryl methyl sites for hydroxylation is 2. The van der Waals surface area contributed by atoms with E-state index in [4.69, 9.17) is 0 Å². The first-order valence-corrected chi connectivity index (χ1v) is 11.1. The standard InChI is InChI=1S/C25H28N4O3/c1-16-15-28(12-13-29(16)24(31)25(32)10-11-25)23(30)19-6-4-18(5-7-19)20-8-9-22-21(14-20)17(2)26-27(22)3/h4-9,14,16,32H,10-13,15H2,1-3H3/t16-/m0/s1. The second-order valence-corrected chi connectivity index (χ2v) is 9.15. The van der Waals surface area contributed by atoms with Crippen LogP contribution in [0.3, 0.4) is 0 Å². The van der Waals surface area contributed by atoms with Gasteiger partial charge >= 0.3 is 0 Å². The molecule has 0 radical (unpaired) electrons. The lowest BCUT2D eigenvalue weighted by molar-refractivity contribution is -0.146. The second kappa shape index (κ2) is 7.45. The number of fused-ring (bicyclic) bond motifs is 1. The summed E-state index contributed by atoms with van der Waals surface area (Å²) in [7, 11) is 1.94. The molecule has 0 spiro atoms. The van der Waals surface area contributed by atoms with Gasteiger partial charge in [0.05, 0.1) is 11.2 Å². The SMILES string of the molecule is Cc1nn(C)c2ccc(-c3ccc(C(=O)N4CCN(C(=O)C5(O)CC5)[C@@H](C)C4)cc3)cc12. The van der Waals surface area contributed by atoms with Crippen LogP contribution >= 0.6 is 0 Å². The number of amides is 2. The van der Waals surface area contributed by atoms with Gasteiger partial charge in [0, 0.05) is 43.7 Å². The van der Waals surface area contributed by atoms with Crippen molar-refractivity contribution in [2.24, 2.45) is 7.05 Å². The molecule has 5 rings (SSSR count). The number of aliphatic hydroxyl groups is 1. The van der Waals surface area contributed by atoms with Gasteiger partial charge in [0.15, 0.2) is 0 Å². The number of benzene rings is 2. The summed E-state index contributed by atoms with van der Waals surface area (Å²) in [5.74, 6) is -0.221. The van der Waals surface area contributed by atoms with Crippen molar-refractivity contribution in [2.75, 3.05) is 19.6 Å². The average Bonchev–Trinajstić information content (AvgIpc) is 3.49. The molecule has 2 aliphatic rings. The van der Waals surface area contributed by atoms with E-state index in [1.807, 2.05) is 49.8 Å². The van der Waals surface area contributed by atoms with Gasteiger partial charge in [-0.2, -0.15) is 5.10 Å². The Bertz CT molecular complexity index is 1210. The number of hydrogen-bond donors (Lipinski definition) is 1. The molecule has 2 amide bonds. The lowest BCUT2D eigenvalue weighted by atomic mass is 10.0. The zero-order valence-electron chi connectivity index (χ0n) is 18.7. The lowest BCUT2D eigenvalue weighted by Crippen LogP contribution is -2.57. The minimum Gasteiger partial charge on any atom is -0.380 e. The Morgan fingerprint density at radius 1 is 1.06 bits per heavy atom. The van der Waals surface area contributed by atoms with Crippen LogP contribution in [-0.2, 0) is 11.8 Å². The molecule has 1 N–H and O–H groups in total. The van der Waals surface area contributed by atoms with Crippen LogP contribution in [0.4, 0.5) is 0 Å². The fourth-order valence-electron chi connectivity index (χ4n) is 4.65. The van der Waals surface area contributed by atoms with E-state index < -0.39 is 5.60 Å². The Morgan fingerprint density at radius 2 is 1.75 bits per heavy atom. The van der Waals surface area contributed by atoms with Crippen molar-refractivity contribution in [1.82, 2.24) is 19.6 Å². The summed E-state index contributed by atoms with van der Waals surface area (Å²) in [6, 6.07) is 13.9. The predicted octanol–water partition coefficient (Wildman–Crippen LogP) is 2.75. The first kappa shape index (κ1) is 20.7. The van der Waals surface area contributed by atoms with Gasteiger partial charge in [-0.3, -0.25) is 14.3 Å². The third-order valence-electron chi connectivity index (χ3n) is 6.80. The van der Waals surface area contributed by atoms with Gasteiger partial charge < -0.3 is 14.9 Å². The van der Waals surface area contributed by atoms with Crippen molar-refractivity contribution in [3.05, 3.63) is 53.7 Å². The van der Waals surface area contributed by atoms with E-state index in [1.165, 1.54) is 0 Å². The molecule has 166 valence electrons. The number of nitrogens with zero attached hydrogens (tertiary/aromatic N) is 4. The maximum absolute atomic E-state index is 13.1. The first-order valence-electron chi connectivity index (χ1n) is 11.1. The maximum atomic E-state index is 13.1. The van der Waals surface area contributed by atoms with Crippen molar-refractivity contribution in [2.45, 2.75) is 38.3 Å². The molecular formula is C25H28N4O3. The Hall–Kier alpha value is -3.19. The molecule has 1 saturated heterocycles. The molecule has 1 aliphatic heterocycles. The summed E-state index contributed by atoms with van der Waals surface area (Å²) >= 11 is 0. The fourth-order valence-corrected chi connectivity index (χ4v) is 4.65. The van der Waals surface area contributed by atoms with Crippen LogP contribution in [0.5, 0.6) is 0 Å². The van der Waals surface area contributed by atoms with Gasteiger partial charge in [-0.1, -0.05) is 18.2 Å². The van der Waals surface area contributed by atoms with E-state index in [0.717, 1.165) is 27.7 Å². The third-order valence-corrected chi connectivity index (χ3v) is 6.80. The van der Waals surface area contributed by atoms with E-state index >= 15 is 0 Å². The van der Waals surface area contributed by atoms with E-state index in [0.29, 0.717) is 38.0 Å². The molecule has 7 heteroatoms. The number of hydrogen-bond acceptors (Lipinski definition) is 4. The molecule has 2 fully saturated rings. The molecule has 0 bridgehead atoms. The van der Waals surface area contributed by atoms with Gasteiger partial charge in [-0.05, 0) is 62.1 Å². The van der Waals surface area contributed by atoms with Crippen LogP contribution in [0.2, 0.25) is 0 Å². The van der Waals surface area contributed by atoms with Gasteiger partial charge in [-0.25, -0.2) is 0 Å². The quantitative estimate of drug-likeness (QED) is 0.690. The average molecular weight is 433 g/mol. The van der Waals surface area contributed by atoms with Crippen molar-refractivity contribution in [3.63, 3.8) is 0 Å². The Kier molecular flexibility index (Phi) is 4.82. The highest BCUT2D eigenvalue weighted by Gasteiger charge is 2.51. The van der Waals surface area contributed by atoms with Crippen LogP contribution in [0.25, 0.3) is 22.0 Å². The number of piperazine rings is 1. The molecule has 3 aromatic rings. The van der Waals surface area contributed by atoms with Crippen LogP contribution in [0.15, 0.2) is 42.5 Å². The van der Waals surface area contributed by atoms with Crippen molar-refractivity contribution >= 4 is 22.7 Å². The zero-order chi connectivity index (χ0) is 22.6. The van der Waals surface area contributed by atoms with Crippen LogP contribution < -0.4 is 0 Å². The molecule has 7 nitrogen and oxygen atoms in total. The Labute approximate surface area is 187 Å². The van der Waals surface area contributed by atoms with Crippen molar-refractivity contribution in [3.8, 4) is 11.1 Å². The number of carbonyl (C=O) groups is 2. The highest BCUT2D eigenvalue weighted by Crippen LogP contribution is 2.37. The van der Waals surface area contributed by atoms with Gasteiger partial charge in [0.2, 0.25) is 0 Å². The Balaban J connectivity index is 1.29. The molecule has 1 atom stereocenters. The van der Waals surface area contributed by atoms with Crippen LogP contribution in [-0.4, -0.2) is 67.8 Å². The molecule has 1 aliphatic carbocycles. The van der Waals surface area contributed by atoms with E-state index in [-0.39, 0.29) is 17.9 Å². The first-order chi connectivity index (χ1) is 15.3. The van der Waals surface area contributed by atoms with E-state index in [2.05, 4.69) is 23.3 Å². The zero-order valence-corrected chi connectivity index (χ0v) is 18.7. The van der Waals surface area contributed by atoms with E-state index in [1.54, 1.807) is 9.80 Å². The summed E-state index contributed by atoms with van der Waals surface area (Å²) in [6.45, 7) is 5.34. The van der Waals surface area contributed by atoms with Gasteiger partial charge in [0.1, 0.15) is 5.60 Å². The lowest BCUT2D eigenvalue weighted by Gasteiger charge is -2.40. The number of rotatable bonds is 3. The largest absolute Gasteiger partial charge is 0.380 e. The fraction of sp³-hybridized carbons (Fsp3) is 0.400. The van der Waals surface area contributed by atoms with Crippen molar-refractivity contribution < 1.29 is 14.7 Å². The highest BCUT2D eigenvalue weighted by molar-refractivity contribution is 5.95. The van der Waals surface area contributed by atoms with Gasteiger partial charge in [0.25, 0.3) is 11.8 Å². The van der Waals surface area contributed by atoms with E-state index in [9.17, 15) is 14.7 Å².